The number of hydrogen-bond donors (Lipinski definition) is 1. The van der Waals surface area contributed by atoms with Crippen molar-refractivity contribution in [3.8, 4) is 0 Å². The van der Waals surface area contributed by atoms with Crippen LogP contribution in [0.1, 0.15) is 39.2 Å². The van der Waals surface area contributed by atoms with E-state index in [4.69, 9.17) is 23.2 Å². The van der Waals surface area contributed by atoms with Gasteiger partial charge in [-0.05, 0) is 17.7 Å². The average Bonchev–Trinajstić information content (AvgIpc) is 2.30. The van der Waals surface area contributed by atoms with Crippen molar-refractivity contribution in [3.05, 3.63) is 33.8 Å². The molecule has 0 spiro atoms. The number of Topliss-reactive ketones (excluding diaryl/α,β-unsaturated/α-hetero) is 1. The summed E-state index contributed by atoms with van der Waals surface area (Å²) in [5.41, 5.74) is 0.845. The van der Waals surface area contributed by atoms with Crippen LogP contribution in [0.4, 0.5) is 0 Å². The van der Waals surface area contributed by atoms with Crippen molar-refractivity contribution in [1.29, 1.82) is 0 Å². The summed E-state index contributed by atoms with van der Waals surface area (Å²) in [5.74, 6) is -0.0600. The van der Waals surface area contributed by atoms with Crippen molar-refractivity contribution >= 4 is 29.0 Å². The normalized spacial score (nSPS) is 13.1. The number of benzene rings is 1. The number of carbonyl (C=O) groups is 1. The minimum Gasteiger partial charge on any atom is -0.313 e. The van der Waals surface area contributed by atoms with E-state index in [9.17, 15) is 4.79 Å². The molecule has 0 aliphatic carbocycles. The number of halogens is 2. The first-order chi connectivity index (χ1) is 8.82. The molecular formula is C15H21Cl2NO. The van der Waals surface area contributed by atoms with Gasteiger partial charge in [0.05, 0.1) is 5.92 Å². The van der Waals surface area contributed by atoms with Crippen molar-refractivity contribution in [2.45, 2.75) is 39.7 Å². The van der Waals surface area contributed by atoms with Gasteiger partial charge in [0.1, 0.15) is 5.78 Å². The highest BCUT2D eigenvalue weighted by Gasteiger charge is 2.25. The molecule has 0 aliphatic heterocycles. The van der Waals surface area contributed by atoms with Crippen LogP contribution in [0.25, 0.3) is 0 Å². The van der Waals surface area contributed by atoms with Crippen molar-refractivity contribution in [1.82, 2.24) is 5.32 Å². The Kier molecular flexibility index (Phi) is 6.31. The van der Waals surface area contributed by atoms with Crippen LogP contribution in [0.5, 0.6) is 0 Å². The minimum absolute atomic E-state index is 0.0225. The van der Waals surface area contributed by atoms with Gasteiger partial charge in [0.25, 0.3) is 0 Å². The lowest BCUT2D eigenvalue weighted by molar-refractivity contribution is -0.123. The summed E-state index contributed by atoms with van der Waals surface area (Å²) >= 11 is 12.1. The van der Waals surface area contributed by atoms with Gasteiger partial charge >= 0.3 is 0 Å². The molecule has 0 heterocycles. The molecule has 1 unspecified atom stereocenters. The molecule has 0 radical (unpaired) electrons. The first-order valence-electron chi connectivity index (χ1n) is 6.55. The van der Waals surface area contributed by atoms with Gasteiger partial charge in [0.2, 0.25) is 0 Å². The van der Waals surface area contributed by atoms with Crippen LogP contribution in [0.15, 0.2) is 18.2 Å². The Morgan fingerprint density at radius 2 is 1.84 bits per heavy atom. The number of carbonyl (C=O) groups excluding carboxylic acids is 1. The predicted octanol–water partition coefficient (Wildman–Crippen LogP) is 4.30. The molecule has 1 atom stereocenters. The highest BCUT2D eigenvalue weighted by molar-refractivity contribution is 6.35. The lowest BCUT2D eigenvalue weighted by atomic mass is 9.88. The third kappa shape index (κ3) is 4.79. The maximum absolute atomic E-state index is 12.4. The SMILES string of the molecule is CC(C)NCC(C(=O)C(C)C)c1ccc(Cl)cc1Cl. The first kappa shape index (κ1) is 16.5. The smallest absolute Gasteiger partial charge is 0.144 e. The zero-order valence-electron chi connectivity index (χ0n) is 11.8. The van der Waals surface area contributed by atoms with E-state index in [-0.39, 0.29) is 17.6 Å². The maximum atomic E-state index is 12.4. The van der Waals surface area contributed by atoms with Crippen LogP contribution in [-0.2, 0) is 4.79 Å². The number of rotatable bonds is 6. The first-order valence-corrected chi connectivity index (χ1v) is 7.30. The average molecular weight is 302 g/mol. The summed E-state index contributed by atoms with van der Waals surface area (Å²) in [5, 5.41) is 4.45. The molecule has 4 heteroatoms. The largest absolute Gasteiger partial charge is 0.313 e. The molecule has 0 aromatic heterocycles. The van der Waals surface area contributed by atoms with E-state index in [2.05, 4.69) is 19.2 Å². The van der Waals surface area contributed by atoms with E-state index in [0.29, 0.717) is 22.6 Å². The van der Waals surface area contributed by atoms with E-state index >= 15 is 0 Å². The summed E-state index contributed by atoms with van der Waals surface area (Å²) in [6.07, 6.45) is 0. The Labute approximate surface area is 125 Å². The summed E-state index contributed by atoms with van der Waals surface area (Å²) in [7, 11) is 0. The quantitative estimate of drug-likeness (QED) is 0.849. The second kappa shape index (κ2) is 7.28. The second-order valence-electron chi connectivity index (χ2n) is 5.34. The molecule has 1 aromatic rings. The van der Waals surface area contributed by atoms with Crippen molar-refractivity contribution in [2.24, 2.45) is 5.92 Å². The summed E-state index contributed by atoms with van der Waals surface area (Å²) in [6.45, 7) is 8.53. The maximum Gasteiger partial charge on any atom is 0.144 e. The number of hydrogen-bond acceptors (Lipinski definition) is 2. The molecule has 0 saturated carbocycles. The van der Waals surface area contributed by atoms with Crippen LogP contribution in [-0.4, -0.2) is 18.4 Å². The molecular weight excluding hydrogens is 281 g/mol. The molecule has 1 N–H and O–H groups in total. The summed E-state index contributed by atoms with van der Waals surface area (Å²) < 4.78 is 0. The predicted molar refractivity (Wildman–Crippen MR) is 82.2 cm³/mol. The molecule has 1 rings (SSSR count). The lowest BCUT2D eigenvalue weighted by Crippen LogP contribution is -2.33. The van der Waals surface area contributed by atoms with E-state index in [1.165, 1.54) is 0 Å². The Bertz CT molecular complexity index is 444. The van der Waals surface area contributed by atoms with Gasteiger partial charge in [-0.25, -0.2) is 0 Å². The van der Waals surface area contributed by atoms with Gasteiger partial charge in [-0.1, -0.05) is 57.0 Å². The Morgan fingerprint density at radius 1 is 1.21 bits per heavy atom. The van der Waals surface area contributed by atoms with Crippen molar-refractivity contribution < 1.29 is 4.79 Å². The molecule has 0 aliphatic rings. The number of nitrogens with one attached hydrogen (secondary N) is 1. The highest BCUT2D eigenvalue weighted by atomic mass is 35.5. The topological polar surface area (TPSA) is 29.1 Å². The van der Waals surface area contributed by atoms with Gasteiger partial charge in [0, 0.05) is 28.5 Å². The van der Waals surface area contributed by atoms with E-state index < -0.39 is 0 Å². The third-order valence-corrected chi connectivity index (χ3v) is 3.54. The highest BCUT2D eigenvalue weighted by Crippen LogP contribution is 2.29. The minimum atomic E-state index is -0.229. The zero-order valence-corrected chi connectivity index (χ0v) is 13.3. The van der Waals surface area contributed by atoms with Crippen LogP contribution >= 0.6 is 23.2 Å². The summed E-state index contributed by atoms with van der Waals surface area (Å²) in [6, 6.07) is 5.64. The fraction of sp³-hybridized carbons (Fsp3) is 0.533. The molecule has 1 aromatic carbocycles. The molecule has 106 valence electrons. The van der Waals surface area contributed by atoms with Crippen molar-refractivity contribution in [2.75, 3.05) is 6.54 Å². The molecule has 19 heavy (non-hydrogen) atoms. The number of ketones is 1. The molecule has 0 fully saturated rings. The monoisotopic (exact) mass is 301 g/mol. The molecule has 0 amide bonds. The van der Waals surface area contributed by atoms with Crippen molar-refractivity contribution in [3.63, 3.8) is 0 Å². The van der Waals surface area contributed by atoms with Gasteiger partial charge in [0.15, 0.2) is 0 Å². The Morgan fingerprint density at radius 3 is 2.32 bits per heavy atom. The van der Waals surface area contributed by atoms with Crippen LogP contribution in [0, 0.1) is 5.92 Å². The Hall–Kier alpha value is -0.570. The van der Waals surface area contributed by atoms with E-state index in [1.807, 2.05) is 19.9 Å². The van der Waals surface area contributed by atoms with Crippen LogP contribution < -0.4 is 5.32 Å². The van der Waals surface area contributed by atoms with Crippen LogP contribution in [0.2, 0.25) is 10.0 Å². The fourth-order valence-electron chi connectivity index (χ4n) is 1.90. The fourth-order valence-corrected chi connectivity index (χ4v) is 2.44. The van der Waals surface area contributed by atoms with Gasteiger partial charge in [-0.3, -0.25) is 4.79 Å². The molecule has 0 bridgehead atoms. The van der Waals surface area contributed by atoms with E-state index in [0.717, 1.165) is 5.56 Å². The van der Waals surface area contributed by atoms with Gasteiger partial charge in [-0.15, -0.1) is 0 Å². The molecule has 0 saturated heterocycles. The Balaban J connectivity index is 3.04. The van der Waals surface area contributed by atoms with Crippen LogP contribution in [0.3, 0.4) is 0 Å². The second-order valence-corrected chi connectivity index (χ2v) is 6.18. The standard InChI is InChI=1S/C15H21Cl2NO/c1-9(2)15(19)13(8-18-10(3)4)12-6-5-11(16)7-14(12)17/h5-7,9-10,13,18H,8H2,1-4H3. The van der Waals surface area contributed by atoms with E-state index in [1.54, 1.807) is 12.1 Å². The zero-order chi connectivity index (χ0) is 14.6. The van der Waals surface area contributed by atoms with Gasteiger partial charge in [-0.2, -0.15) is 0 Å². The lowest BCUT2D eigenvalue weighted by Gasteiger charge is -2.21. The molecule has 2 nitrogen and oxygen atoms in total. The summed E-state index contributed by atoms with van der Waals surface area (Å²) in [4.78, 5) is 12.4. The third-order valence-electron chi connectivity index (χ3n) is 2.98. The van der Waals surface area contributed by atoms with Gasteiger partial charge < -0.3 is 5.32 Å².